The molecule has 8 nitrogen and oxygen atoms in total. The van der Waals surface area contributed by atoms with Gasteiger partial charge in [0.15, 0.2) is 0 Å². The SMILES string of the molecule is CCC[C@H]1N(C(=O)c2ncccc2C(F)(F)F)CCC[C@@]1(Oc1csc(C(F)(F)F)c1)C(=O)N1CCC(C#N)(c2ccccc2COC2CCCC2)CC1. The second-order valence-corrected chi connectivity index (χ2v) is 15.2. The number of aromatic nitrogens is 1. The summed E-state index contributed by atoms with van der Waals surface area (Å²) < 4.78 is 95.9. The van der Waals surface area contributed by atoms with Gasteiger partial charge in [0.2, 0.25) is 5.60 Å². The molecule has 2 atom stereocenters. The lowest BCUT2D eigenvalue weighted by atomic mass is 9.71. The highest BCUT2D eigenvalue weighted by Crippen LogP contribution is 2.44. The quantitative estimate of drug-likeness (QED) is 0.191. The molecule has 3 fully saturated rings. The van der Waals surface area contributed by atoms with Crippen molar-refractivity contribution in [2.75, 3.05) is 19.6 Å². The molecule has 290 valence electrons. The molecule has 0 radical (unpaired) electrons. The summed E-state index contributed by atoms with van der Waals surface area (Å²) in [6.07, 6.45) is -3.06. The van der Waals surface area contributed by atoms with E-state index >= 15 is 0 Å². The van der Waals surface area contributed by atoms with Crippen LogP contribution in [0.3, 0.4) is 0 Å². The molecule has 2 amide bonds. The number of carbonyl (C=O) groups excluding carboxylic acids is 2. The Morgan fingerprint density at radius 1 is 0.981 bits per heavy atom. The molecular weight excluding hydrogens is 735 g/mol. The van der Waals surface area contributed by atoms with E-state index in [4.69, 9.17) is 9.47 Å². The summed E-state index contributed by atoms with van der Waals surface area (Å²) in [5.41, 5.74) is -3.27. The molecule has 0 N–H and O–H groups in total. The van der Waals surface area contributed by atoms with E-state index in [1.54, 1.807) is 6.92 Å². The fraction of sp³-hybridized carbons (Fsp3) is 0.538. The van der Waals surface area contributed by atoms with E-state index < -0.39 is 57.4 Å². The van der Waals surface area contributed by atoms with Crippen molar-refractivity contribution in [1.82, 2.24) is 14.8 Å². The van der Waals surface area contributed by atoms with Gasteiger partial charge in [-0.15, -0.1) is 11.3 Å². The Morgan fingerprint density at radius 2 is 1.70 bits per heavy atom. The summed E-state index contributed by atoms with van der Waals surface area (Å²) in [5.74, 6) is -1.88. The van der Waals surface area contributed by atoms with Crippen molar-refractivity contribution >= 4 is 23.2 Å². The number of piperidine rings is 2. The van der Waals surface area contributed by atoms with Crippen molar-refractivity contribution < 1.29 is 45.4 Å². The topological polar surface area (TPSA) is 95.8 Å². The van der Waals surface area contributed by atoms with Crippen LogP contribution in [0.2, 0.25) is 0 Å². The molecule has 1 saturated carbocycles. The maximum Gasteiger partial charge on any atom is 0.425 e. The molecule has 2 saturated heterocycles. The minimum atomic E-state index is -4.90. The van der Waals surface area contributed by atoms with E-state index in [1.807, 2.05) is 24.3 Å². The van der Waals surface area contributed by atoms with Gasteiger partial charge in [-0.3, -0.25) is 14.6 Å². The fourth-order valence-electron chi connectivity index (χ4n) is 8.25. The third-order valence-corrected chi connectivity index (χ3v) is 11.9. The summed E-state index contributed by atoms with van der Waals surface area (Å²) in [4.78, 5) is 34.6. The lowest BCUT2D eigenvalue weighted by Crippen LogP contribution is -2.68. The highest BCUT2D eigenvalue weighted by molar-refractivity contribution is 7.10. The second kappa shape index (κ2) is 15.9. The Morgan fingerprint density at radius 3 is 2.35 bits per heavy atom. The van der Waals surface area contributed by atoms with Crippen LogP contribution in [0, 0.1) is 11.3 Å². The van der Waals surface area contributed by atoms with E-state index in [2.05, 4.69) is 11.1 Å². The van der Waals surface area contributed by atoms with Crippen LogP contribution in [0.5, 0.6) is 5.75 Å². The zero-order valence-corrected chi connectivity index (χ0v) is 30.7. The Bertz CT molecular complexity index is 1840. The van der Waals surface area contributed by atoms with Crippen LogP contribution in [-0.4, -0.2) is 64.0 Å². The Kier molecular flexibility index (Phi) is 11.6. The number of nitriles is 1. The van der Waals surface area contributed by atoms with Crippen molar-refractivity contribution in [2.45, 2.75) is 113 Å². The van der Waals surface area contributed by atoms with Gasteiger partial charge in [-0.1, -0.05) is 50.5 Å². The Hall–Kier alpha value is -4.16. The molecule has 6 rings (SSSR count). The monoisotopic (exact) mass is 776 g/mol. The average molecular weight is 777 g/mol. The molecule has 0 spiro atoms. The van der Waals surface area contributed by atoms with Gasteiger partial charge in [0.25, 0.3) is 11.8 Å². The normalized spacial score (nSPS) is 22.2. The van der Waals surface area contributed by atoms with E-state index in [1.165, 1.54) is 9.80 Å². The zero-order valence-electron chi connectivity index (χ0n) is 29.8. The lowest BCUT2D eigenvalue weighted by Gasteiger charge is -2.51. The van der Waals surface area contributed by atoms with Crippen molar-refractivity contribution in [3.05, 3.63) is 81.3 Å². The molecule has 2 aromatic heterocycles. The Balaban J connectivity index is 1.33. The molecule has 15 heteroatoms. The zero-order chi connectivity index (χ0) is 38.7. The molecule has 3 aliphatic rings. The van der Waals surface area contributed by atoms with Gasteiger partial charge in [0, 0.05) is 43.7 Å². The first-order valence-electron chi connectivity index (χ1n) is 18.3. The number of amides is 2. The summed E-state index contributed by atoms with van der Waals surface area (Å²) in [7, 11) is 0. The first-order valence-corrected chi connectivity index (χ1v) is 19.2. The van der Waals surface area contributed by atoms with Gasteiger partial charge in [0.1, 0.15) is 16.3 Å². The summed E-state index contributed by atoms with van der Waals surface area (Å²) >= 11 is 0.391. The summed E-state index contributed by atoms with van der Waals surface area (Å²) in [5, 5.41) is 11.8. The standard InChI is InChI=1S/C39H42F6N4O4S/c1-2-9-31-37(53-28-22-32(54-24-28)39(43,44)45,15-8-19-49(31)34(50)33-30(38(40,41)42)14-7-18-47-33)35(51)48-20-16-36(25-46,17-21-48)29-13-6-3-10-26(29)23-52-27-11-4-5-12-27/h3,6-7,10,13-14,18,22,24,27,31H,2,4-5,8-9,11-12,15-17,19-21,23H2,1H3/t31-,37+/m1/s1. The number of pyridine rings is 1. The summed E-state index contributed by atoms with van der Waals surface area (Å²) in [6, 6.07) is 11.6. The van der Waals surface area contributed by atoms with Gasteiger partial charge in [0.05, 0.1) is 35.8 Å². The number of likely N-dealkylation sites (tertiary alicyclic amines) is 2. The van der Waals surface area contributed by atoms with E-state index in [0.717, 1.165) is 66.6 Å². The molecule has 0 bridgehead atoms. The minimum Gasteiger partial charge on any atom is -0.474 e. The maximum absolute atomic E-state index is 15.0. The highest BCUT2D eigenvalue weighted by atomic mass is 32.1. The number of thiophene rings is 1. The largest absolute Gasteiger partial charge is 0.474 e. The first-order chi connectivity index (χ1) is 25.7. The van der Waals surface area contributed by atoms with E-state index in [0.29, 0.717) is 24.4 Å². The molecule has 54 heavy (non-hydrogen) atoms. The second-order valence-electron chi connectivity index (χ2n) is 14.3. The predicted octanol–water partition coefficient (Wildman–Crippen LogP) is 8.95. The number of halogens is 6. The number of rotatable bonds is 10. The number of carbonyl (C=O) groups is 2. The average Bonchev–Trinajstić information content (AvgIpc) is 3.87. The molecule has 1 aliphatic carbocycles. The van der Waals surface area contributed by atoms with E-state index in [9.17, 15) is 41.2 Å². The molecule has 4 heterocycles. The Labute approximate surface area is 314 Å². The van der Waals surface area contributed by atoms with Gasteiger partial charge in [-0.05, 0) is 61.8 Å². The number of hydrogen-bond acceptors (Lipinski definition) is 7. The van der Waals surface area contributed by atoms with Crippen molar-refractivity contribution in [1.29, 1.82) is 5.26 Å². The van der Waals surface area contributed by atoms with Crippen LogP contribution in [0.4, 0.5) is 26.3 Å². The van der Waals surface area contributed by atoms with Crippen LogP contribution < -0.4 is 4.74 Å². The molecule has 1 aromatic carbocycles. The minimum absolute atomic E-state index is 0.00689. The van der Waals surface area contributed by atoms with Crippen molar-refractivity contribution in [2.24, 2.45) is 0 Å². The third-order valence-electron chi connectivity index (χ3n) is 10.9. The highest BCUT2D eigenvalue weighted by Gasteiger charge is 2.57. The first kappa shape index (κ1) is 39.5. The van der Waals surface area contributed by atoms with Crippen molar-refractivity contribution in [3.8, 4) is 11.8 Å². The van der Waals surface area contributed by atoms with Crippen LogP contribution in [-0.2, 0) is 33.9 Å². The molecule has 0 unspecified atom stereocenters. The van der Waals surface area contributed by atoms with Gasteiger partial charge >= 0.3 is 12.4 Å². The van der Waals surface area contributed by atoms with Gasteiger partial charge < -0.3 is 19.3 Å². The lowest BCUT2D eigenvalue weighted by molar-refractivity contribution is -0.160. The number of alkyl halides is 6. The van der Waals surface area contributed by atoms with Gasteiger partial charge in [-0.25, -0.2) is 0 Å². The van der Waals surface area contributed by atoms with Crippen molar-refractivity contribution in [3.63, 3.8) is 0 Å². The number of ether oxygens (including phenoxy) is 2. The maximum atomic E-state index is 15.0. The number of hydrogen-bond donors (Lipinski definition) is 0. The van der Waals surface area contributed by atoms with Crippen LogP contribution in [0.15, 0.2) is 54.0 Å². The van der Waals surface area contributed by atoms with E-state index in [-0.39, 0.29) is 63.6 Å². The molecular formula is C39H42F6N4O4S. The van der Waals surface area contributed by atoms with Gasteiger partial charge in [-0.2, -0.15) is 31.6 Å². The fourth-order valence-corrected chi connectivity index (χ4v) is 8.93. The van der Waals surface area contributed by atoms with Crippen LogP contribution in [0.25, 0.3) is 0 Å². The molecule has 3 aromatic rings. The molecule has 2 aliphatic heterocycles. The summed E-state index contributed by atoms with van der Waals surface area (Å²) in [6.45, 7) is 2.29. The van der Waals surface area contributed by atoms with Crippen LogP contribution >= 0.6 is 11.3 Å². The predicted molar refractivity (Wildman–Crippen MR) is 187 cm³/mol. The smallest absolute Gasteiger partial charge is 0.425 e. The number of nitrogens with zero attached hydrogens (tertiary/aromatic N) is 4. The number of benzene rings is 1. The van der Waals surface area contributed by atoms with Crippen LogP contribution in [0.1, 0.15) is 103 Å². The third kappa shape index (κ3) is 7.96.